The van der Waals surface area contributed by atoms with E-state index < -0.39 is 6.03 Å². The number of amides is 3. The van der Waals surface area contributed by atoms with Crippen molar-refractivity contribution >= 4 is 18.0 Å². The second-order valence-electron chi connectivity index (χ2n) is 8.35. The molecule has 0 radical (unpaired) electrons. The van der Waals surface area contributed by atoms with Crippen molar-refractivity contribution < 1.29 is 9.59 Å². The SMILES string of the molecule is NC(=O)NCC1CCCN(C(=O)/C=C/c2cn(Cc3ccccc3)nc2-c2ccccc2)C1. The first-order chi connectivity index (χ1) is 16.1. The zero-order chi connectivity index (χ0) is 23.0. The highest BCUT2D eigenvalue weighted by atomic mass is 16.2. The Bertz CT molecular complexity index is 1110. The largest absolute Gasteiger partial charge is 0.352 e. The summed E-state index contributed by atoms with van der Waals surface area (Å²) in [4.78, 5) is 25.7. The molecule has 0 saturated carbocycles. The Balaban J connectivity index is 1.51. The molecule has 3 aromatic rings. The van der Waals surface area contributed by atoms with E-state index in [0.717, 1.165) is 41.8 Å². The minimum Gasteiger partial charge on any atom is -0.352 e. The first-order valence-corrected chi connectivity index (χ1v) is 11.3. The predicted octanol–water partition coefficient (Wildman–Crippen LogP) is 3.52. The van der Waals surface area contributed by atoms with Gasteiger partial charge < -0.3 is 16.0 Å². The van der Waals surface area contributed by atoms with Crippen LogP contribution in [0.1, 0.15) is 24.0 Å². The molecular weight excluding hydrogens is 414 g/mol. The van der Waals surface area contributed by atoms with Crippen molar-refractivity contribution in [2.24, 2.45) is 11.7 Å². The minimum atomic E-state index is -0.528. The molecule has 0 aliphatic carbocycles. The average molecular weight is 444 g/mol. The Hall–Kier alpha value is -3.87. The highest BCUT2D eigenvalue weighted by Gasteiger charge is 2.22. The molecule has 3 N–H and O–H groups in total. The second kappa shape index (κ2) is 10.6. The van der Waals surface area contributed by atoms with E-state index in [1.165, 1.54) is 0 Å². The third-order valence-electron chi connectivity index (χ3n) is 5.83. The summed E-state index contributed by atoms with van der Waals surface area (Å²) in [6, 6.07) is 19.6. The predicted molar refractivity (Wildman–Crippen MR) is 129 cm³/mol. The number of aromatic nitrogens is 2. The molecule has 2 heterocycles. The van der Waals surface area contributed by atoms with E-state index in [0.29, 0.717) is 19.6 Å². The van der Waals surface area contributed by atoms with Crippen molar-refractivity contribution in [2.75, 3.05) is 19.6 Å². The summed E-state index contributed by atoms with van der Waals surface area (Å²) >= 11 is 0. The van der Waals surface area contributed by atoms with E-state index in [1.807, 2.05) is 70.4 Å². The molecule has 1 aromatic heterocycles. The van der Waals surface area contributed by atoms with Crippen LogP contribution in [0.5, 0.6) is 0 Å². The number of piperidine rings is 1. The summed E-state index contributed by atoms with van der Waals surface area (Å²) < 4.78 is 1.91. The molecule has 7 heteroatoms. The van der Waals surface area contributed by atoms with Gasteiger partial charge in [0.25, 0.3) is 0 Å². The molecule has 0 bridgehead atoms. The Morgan fingerprint density at radius 1 is 1.09 bits per heavy atom. The lowest BCUT2D eigenvalue weighted by Crippen LogP contribution is -2.44. The van der Waals surface area contributed by atoms with Crippen molar-refractivity contribution in [3.8, 4) is 11.3 Å². The highest BCUT2D eigenvalue weighted by Crippen LogP contribution is 2.24. The zero-order valence-corrected chi connectivity index (χ0v) is 18.6. The molecular formula is C26H29N5O2. The van der Waals surface area contributed by atoms with Gasteiger partial charge in [0.15, 0.2) is 0 Å². The molecule has 170 valence electrons. The number of nitrogens with two attached hydrogens (primary N) is 1. The minimum absolute atomic E-state index is 0.0337. The van der Waals surface area contributed by atoms with Gasteiger partial charge in [-0.05, 0) is 30.4 Å². The molecule has 1 saturated heterocycles. The summed E-state index contributed by atoms with van der Waals surface area (Å²) in [6.07, 6.45) is 7.34. The summed E-state index contributed by atoms with van der Waals surface area (Å²) in [5, 5.41) is 7.46. The van der Waals surface area contributed by atoms with Crippen LogP contribution in [0.25, 0.3) is 17.3 Å². The van der Waals surface area contributed by atoms with Crippen molar-refractivity contribution in [3.05, 3.63) is 84.1 Å². The number of nitrogens with one attached hydrogen (secondary N) is 1. The van der Waals surface area contributed by atoms with Gasteiger partial charge >= 0.3 is 6.03 Å². The molecule has 1 aliphatic rings. The maximum Gasteiger partial charge on any atom is 0.312 e. The molecule has 1 unspecified atom stereocenters. The van der Waals surface area contributed by atoms with E-state index >= 15 is 0 Å². The van der Waals surface area contributed by atoms with Crippen molar-refractivity contribution in [1.29, 1.82) is 0 Å². The van der Waals surface area contributed by atoms with Gasteiger partial charge in [0.1, 0.15) is 0 Å². The number of likely N-dealkylation sites (tertiary alicyclic amines) is 1. The normalized spacial score (nSPS) is 16.1. The van der Waals surface area contributed by atoms with Crippen LogP contribution in [0.2, 0.25) is 0 Å². The lowest BCUT2D eigenvalue weighted by atomic mass is 9.98. The van der Waals surface area contributed by atoms with E-state index in [4.69, 9.17) is 10.8 Å². The number of urea groups is 1. The third-order valence-corrected chi connectivity index (χ3v) is 5.83. The standard InChI is InChI=1S/C26H29N5O2/c27-26(33)28-16-21-10-7-15-30(17-21)24(32)14-13-23-19-31(18-20-8-3-1-4-9-20)29-25(23)22-11-5-2-6-12-22/h1-6,8-9,11-14,19,21H,7,10,15-18H2,(H3,27,28,33)/b14-13+. The van der Waals surface area contributed by atoms with Gasteiger partial charge in [0, 0.05) is 43.0 Å². The molecule has 1 atom stereocenters. The van der Waals surface area contributed by atoms with Gasteiger partial charge in [0.2, 0.25) is 5.91 Å². The number of hydrogen-bond acceptors (Lipinski definition) is 3. The molecule has 1 aliphatic heterocycles. The number of carbonyl (C=O) groups is 2. The van der Waals surface area contributed by atoms with Crippen LogP contribution in [-0.2, 0) is 11.3 Å². The van der Waals surface area contributed by atoms with Crippen LogP contribution in [0, 0.1) is 5.92 Å². The molecule has 3 amide bonds. The number of hydrogen-bond donors (Lipinski definition) is 2. The summed E-state index contributed by atoms with van der Waals surface area (Å²) in [6.45, 7) is 2.48. The van der Waals surface area contributed by atoms with Gasteiger partial charge in [-0.25, -0.2) is 4.79 Å². The summed E-state index contributed by atoms with van der Waals surface area (Å²) in [5.41, 5.74) is 9.09. The lowest BCUT2D eigenvalue weighted by molar-refractivity contribution is -0.127. The Labute approximate surface area is 193 Å². The first kappa shape index (κ1) is 22.3. The second-order valence-corrected chi connectivity index (χ2v) is 8.35. The monoisotopic (exact) mass is 443 g/mol. The quantitative estimate of drug-likeness (QED) is 0.547. The molecule has 1 fully saturated rings. The fourth-order valence-corrected chi connectivity index (χ4v) is 4.17. The Kier molecular flexibility index (Phi) is 7.19. The number of primary amides is 1. The maximum absolute atomic E-state index is 12.9. The third kappa shape index (κ3) is 6.10. The number of nitrogens with zero attached hydrogens (tertiary/aromatic N) is 3. The molecule has 33 heavy (non-hydrogen) atoms. The average Bonchev–Trinajstić information content (AvgIpc) is 3.25. The van der Waals surface area contributed by atoms with Crippen LogP contribution in [0.4, 0.5) is 4.79 Å². The fraction of sp³-hybridized carbons (Fsp3) is 0.269. The van der Waals surface area contributed by atoms with Crippen LogP contribution >= 0.6 is 0 Å². The van der Waals surface area contributed by atoms with Crippen LogP contribution in [-0.4, -0.2) is 46.3 Å². The molecule has 0 spiro atoms. The van der Waals surface area contributed by atoms with Crippen LogP contribution < -0.4 is 11.1 Å². The van der Waals surface area contributed by atoms with Gasteiger partial charge in [-0.3, -0.25) is 9.48 Å². The van der Waals surface area contributed by atoms with Crippen LogP contribution in [0.3, 0.4) is 0 Å². The number of benzene rings is 2. The number of rotatable bonds is 7. The Morgan fingerprint density at radius 3 is 2.55 bits per heavy atom. The van der Waals surface area contributed by atoms with E-state index in [2.05, 4.69) is 17.4 Å². The Morgan fingerprint density at radius 2 is 1.82 bits per heavy atom. The fourth-order valence-electron chi connectivity index (χ4n) is 4.17. The maximum atomic E-state index is 12.9. The highest BCUT2D eigenvalue weighted by molar-refractivity contribution is 5.93. The van der Waals surface area contributed by atoms with E-state index in [-0.39, 0.29) is 11.8 Å². The van der Waals surface area contributed by atoms with Gasteiger partial charge in [-0.2, -0.15) is 5.10 Å². The topological polar surface area (TPSA) is 93.3 Å². The smallest absolute Gasteiger partial charge is 0.312 e. The van der Waals surface area contributed by atoms with E-state index in [1.54, 1.807) is 6.08 Å². The van der Waals surface area contributed by atoms with Gasteiger partial charge in [-0.15, -0.1) is 0 Å². The molecule has 2 aromatic carbocycles. The van der Waals surface area contributed by atoms with Gasteiger partial charge in [-0.1, -0.05) is 60.7 Å². The van der Waals surface area contributed by atoms with E-state index in [9.17, 15) is 9.59 Å². The zero-order valence-electron chi connectivity index (χ0n) is 18.6. The first-order valence-electron chi connectivity index (χ1n) is 11.3. The molecule has 4 rings (SSSR count). The van der Waals surface area contributed by atoms with Crippen LogP contribution in [0.15, 0.2) is 72.9 Å². The van der Waals surface area contributed by atoms with Crippen molar-refractivity contribution in [2.45, 2.75) is 19.4 Å². The molecule has 7 nitrogen and oxygen atoms in total. The number of carbonyl (C=O) groups excluding carboxylic acids is 2. The lowest BCUT2D eigenvalue weighted by Gasteiger charge is -2.32. The van der Waals surface area contributed by atoms with Crippen molar-refractivity contribution in [1.82, 2.24) is 20.0 Å². The summed E-state index contributed by atoms with van der Waals surface area (Å²) in [7, 11) is 0. The van der Waals surface area contributed by atoms with Gasteiger partial charge in [0.05, 0.1) is 12.2 Å². The summed E-state index contributed by atoms with van der Waals surface area (Å²) in [5.74, 6) is 0.186. The van der Waals surface area contributed by atoms with Crippen molar-refractivity contribution in [3.63, 3.8) is 0 Å².